The molecule has 0 aromatic heterocycles. The van der Waals surface area contributed by atoms with E-state index in [0.717, 1.165) is 30.7 Å². The standard InChI is InChI=1S/C8H15N3OS/c9-8(12)11-10-7-3-1-2-5-13-6-4-7/h1-6H2,(H3,9,11,12)/b10-7-. The van der Waals surface area contributed by atoms with Crippen molar-refractivity contribution in [2.75, 3.05) is 11.5 Å². The number of nitrogens with zero attached hydrogens (tertiary/aromatic N) is 1. The number of thioether (sulfide) groups is 1. The van der Waals surface area contributed by atoms with Crippen LogP contribution in [0.15, 0.2) is 5.10 Å². The molecule has 0 aromatic rings. The summed E-state index contributed by atoms with van der Waals surface area (Å²) in [5, 5.41) is 3.96. The van der Waals surface area contributed by atoms with Crippen LogP contribution in [-0.2, 0) is 0 Å². The summed E-state index contributed by atoms with van der Waals surface area (Å²) in [6.07, 6.45) is 4.35. The summed E-state index contributed by atoms with van der Waals surface area (Å²) in [4.78, 5) is 10.4. The zero-order valence-corrected chi connectivity index (χ0v) is 8.40. The molecule has 0 aliphatic carbocycles. The van der Waals surface area contributed by atoms with E-state index in [2.05, 4.69) is 10.5 Å². The van der Waals surface area contributed by atoms with Gasteiger partial charge in [-0.25, -0.2) is 10.2 Å². The van der Waals surface area contributed by atoms with Crippen molar-refractivity contribution in [3.63, 3.8) is 0 Å². The quantitative estimate of drug-likeness (QED) is 0.628. The van der Waals surface area contributed by atoms with E-state index in [0.29, 0.717) is 0 Å². The predicted octanol–water partition coefficient (Wildman–Crippen LogP) is 1.32. The van der Waals surface area contributed by atoms with Gasteiger partial charge in [0.25, 0.3) is 0 Å². The molecular weight excluding hydrogens is 186 g/mol. The molecule has 5 heteroatoms. The number of nitrogens with one attached hydrogen (secondary N) is 1. The zero-order valence-electron chi connectivity index (χ0n) is 7.58. The highest BCUT2D eigenvalue weighted by atomic mass is 32.2. The van der Waals surface area contributed by atoms with Crippen LogP contribution >= 0.6 is 11.8 Å². The zero-order chi connectivity index (χ0) is 9.52. The first kappa shape index (κ1) is 10.4. The normalized spacial score (nSPS) is 22.0. The third-order valence-corrected chi connectivity index (χ3v) is 2.93. The van der Waals surface area contributed by atoms with Gasteiger partial charge in [-0.05, 0) is 37.2 Å². The number of carbonyl (C=O) groups is 1. The molecule has 4 nitrogen and oxygen atoms in total. The van der Waals surface area contributed by atoms with Crippen LogP contribution in [0.4, 0.5) is 4.79 Å². The molecule has 1 aliphatic rings. The average Bonchev–Trinajstić information content (AvgIpc) is 2.01. The average molecular weight is 201 g/mol. The van der Waals surface area contributed by atoms with Crippen LogP contribution in [0.2, 0.25) is 0 Å². The SMILES string of the molecule is NC(=O)N/N=C1/CCCCSCC1. The lowest BCUT2D eigenvalue weighted by atomic mass is 10.1. The lowest BCUT2D eigenvalue weighted by Gasteiger charge is -2.10. The minimum absolute atomic E-state index is 0.581. The Morgan fingerprint density at radius 2 is 2.23 bits per heavy atom. The molecule has 0 bridgehead atoms. The van der Waals surface area contributed by atoms with Gasteiger partial charge in [-0.3, -0.25) is 0 Å². The van der Waals surface area contributed by atoms with E-state index in [-0.39, 0.29) is 0 Å². The van der Waals surface area contributed by atoms with Crippen molar-refractivity contribution in [3.05, 3.63) is 0 Å². The van der Waals surface area contributed by atoms with Crippen LogP contribution in [0, 0.1) is 0 Å². The summed E-state index contributed by atoms with van der Waals surface area (Å²) in [6.45, 7) is 0. The second kappa shape index (κ2) is 5.85. The molecule has 0 aromatic carbocycles. The number of primary amides is 1. The fraction of sp³-hybridized carbons (Fsp3) is 0.750. The van der Waals surface area contributed by atoms with Crippen molar-refractivity contribution < 1.29 is 4.79 Å². The first-order chi connectivity index (χ1) is 6.29. The summed E-state index contributed by atoms with van der Waals surface area (Å²) in [6, 6.07) is -0.581. The van der Waals surface area contributed by atoms with Crippen molar-refractivity contribution in [1.29, 1.82) is 0 Å². The number of rotatable bonds is 1. The molecule has 0 unspecified atom stereocenters. The first-order valence-corrected chi connectivity index (χ1v) is 5.63. The number of carbonyl (C=O) groups excluding carboxylic acids is 1. The maximum Gasteiger partial charge on any atom is 0.332 e. The van der Waals surface area contributed by atoms with Crippen LogP contribution in [0.1, 0.15) is 25.7 Å². The molecule has 1 rings (SSSR count). The first-order valence-electron chi connectivity index (χ1n) is 4.47. The number of nitrogens with two attached hydrogens (primary N) is 1. The summed E-state index contributed by atoms with van der Waals surface area (Å²) in [5.74, 6) is 2.34. The fourth-order valence-electron chi connectivity index (χ4n) is 1.20. The molecule has 0 radical (unpaired) electrons. The van der Waals surface area contributed by atoms with Crippen molar-refractivity contribution >= 4 is 23.5 Å². The molecule has 74 valence electrons. The van der Waals surface area contributed by atoms with E-state index in [1.54, 1.807) is 0 Å². The van der Waals surface area contributed by atoms with Gasteiger partial charge in [0, 0.05) is 5.71 Å². The fourth-order valence-corrected chi connectivity index (χ4v) is 2.19. The molecule has 3 N–H and O–H groups in total. The van der Waals surface area contributed by atoms with Crippen molar-refractivity contribution in [2.24, 2.45) is 10.8 Å². The lowest BCUT2D eigenvalue weighted by molar-refractivity contribution is 0.249. The van der Waals surface area contributed by atoms with Crippen LogP contribution in [0.5, 0.6) is 0 Å². The Kier molecular flexibility index (Phi) is 4.67. The van der Waals surface area contributed by atoms with Crippen molar-refractivity contribution in [1.82, 2.24) is 5.43 Å². The summed E-state index contributed by atoms with van der Waals surface area (Å²) >= 11 is 1.94. The molecule has 1 heterocycles. The summed E-state index contributed by atoms with van der Waals surface area (Å²) in [5.41, 5.74) is 8.26. The molecule has 1 fully saturated rings. The van der Waals surface area contributed by atoms with Gasteiger partial charge in [-0.2, -0.15) is 16.9 Å². The smallest absolute Gasteiger partial charge is 0.332 e. The number of urea groups is 1. The maximum atomic E-state index is 10.4. The number of hydrazone groups is 1. The van der Waals surface area contributed by atoms with E-state index < -0.39 is 6.03 Å². The molecule has 0 atom stereocenters. The molecule has 0 saturated carbocycles. The van der Waals surface area contributed by atoms with Gasteiger partial charge in [0.2, 0.25) is 0 Å². The van der Waals surface area contributed by atoms with Gasteiger partial charge in [-0.15, -0.1) is 0 Å². The number of hydrogen-bond acceptors (Lipinski definition) is 3. The Balaban J connectivity index is 2.36. The van der Waals surface area contributed by atoms with Crippen molar-refractivity contribution in [3.8, 4) is 0 Å². The molecule has 1 saturated heterocycles. The highest BCUT2D eigenvalue weighted by Crippen LogP contribution is 2.14. The van der Waals surface area contributed by atoms with Gasteiger partial charge in [0.15, 0.2) is 0 Å². The van der Waals surface area contributed by atoms with E-state index in [1.807, 2.05) is 11.8 Å². The van der Waals surface area contributed by atoms with Crippen LogP contribution in [0.25, 0.3) is 0 Å². The van der Waals surface area contributed by atoms with Crippen molar-refractivity contribution in [2.45, 2.75) is 25.7 Å². The second-order valence-electron chi connectivity index (χ2n) is 2.97. The van der Waals surface area contributed by atoms with E-state index in [4.69, 9.17) is 5.73 Å². The minimum Gasteiger partial charge on any atom is -0.350 e. The van der Waals surface area contributed by atoms with Gasteiger partial charge < -0.3 is 5.73 Å². The Labute approximate surface area is 82.3 Å². The van der Waals surface area contributed by atoms with E-state index in [9.17, 15) is 4.79 Å². The van der Waals surface area contributed by atoms with Crippen LogP contribution < -0.4 is 11.2 Å². The highest BCUT2D eigenvalue weighted by molar-refractivity contribution is 7.99. The molecule has 0 spiro atoms. The topological polar surface area (TPSA) is 67.5 Å². The largest absolute Gasteiger partial charge is 0.350 e. The van der Waals surface area contributed by atoms with Gasteiger partial charge >= 0.3 is 6.03 Å². The third-order valence-electron chi connectivity index (χ3n) is 1.86. The van der Waals surface area contributed by atoms with Crippen LogP contribution in [-0.4, -0.2) is 23.2 Å². The summed E-state index contributed by atoms with van der Waals surface area (Å²) in [7, 11) is 0. The second-order valence-corrected chi connectivity index (χ2v) is 4.20. The minimum atomic E-state index is -0.581. The maximum absolute atomic E-state index is 10.4. The van der Waals surface area contributed by atoms with Gasteiger partial charge in [-0.1, -0.05) is 0 Å². The lowest BCUT2D eigenvalue weighted by Crippen LogP contribution is -2.26. The molecular formula is C8H15N3OS. The van der Waals surface area contributed by atoms with E-state index >= 15 is 0 Å². The Hall–Kier alpha value is -0.710. The summed E-state index contributed by atoms with van der Waals surface area (Å²) < 4.78 is 0. The predicted molar refractivity (Wildman–Crippen MR) is 55.9 cm³/mol. The van der Waals surface area contributed by atoms with Gasteiger partial charge in [0.05, 0.1) is 0 Å². The Morgan fingerprint density at radius 1 is 1.38 bits per heavy atom. The monoisotopic (exact) mass is 201 g/mol. The Morgan fingerprint density at radius 3 is 3.00 bits per heavy atom. The van der Waals surface area contributed by atoms with Crippen LogP contribution in [0.3, 0.4) is 0 Å². The number of hydrogen-bond donors (Lipinski definition) is 2. The van der Waals surface area contributed by atoms with E-state index in [1.165, 1.54) is 12.2 Å². The molecule has 2 amide bonds. The molecule has 1 aliphatic heterocycles. The Bertz CT molecular complexity index is 196. The number of amides is 2. The molecule has 13 heavy (non-hydrogen) atoms. The third kappa shape index (κ3) is 4.77. The highest BCUT2D eigenvalue weighted by Gasteiger charge is 2.04. The van der Waals surface area contributed by atoms with Gasteiger partial charge in [0.1, 0.15) is 0 Å².